The Balaban J connectivity index is 2.51. The lowest BCUT2D eigenvalue weighted by atomic mass is 10.1. The van der Waals surface area contributed by atoms with E-state index < -0.39 is 0 Å². The van der Waals surface area contributed by atoms with Gasteiger partial charge in [-0.1, -0.05) is 13.8 Å². The number of methoxy groups -OCH3 is 2. The van der Waals surface area contributed by atoms with E-state index in [9.17, 15) is 0 Å². The summed E-state index contributed by atoms with van der Waals surface area (Å²) in [5, 5.41) is 0. The van der Waals surface area contributed by atoms with E-state index in [4.69, 9.17) is 15.2 Å². The first-order chi connectivity index (χ1) is 9.55. The first kappa shape index (κ1) is 14.1. The van der Waals surface area contributed by atoms with Gasteiger partial charge in [0.2, 0.25) is 0 Å². The van der Waals surface area contributed by atoms with E-state index in [1.54, 1.807) is 20.3 Å². The molecule has 2 aromatic rings. The maximum atomic E-state index is 5.85. The van der Waals surface area contributed by atoms with E-state index in [2.05, 4.69) is 9.97 Å². The Kier molecular flexibility index (Phi) is 4.08. The van der Waals surface area contributed by atoms with Crippen LogP contribution < -0.4 is 15.2 Å². The predicted molar refractivity (Wildman–Crippen MR) is 79.1 cm³/mol. The maximum absolute atomic E-state index is 5.85. The van der Waals surface area contributed by atoms with Gasteiger partial charge in [0.15, 0.2) is 11.5 Å². The Morgan fingerprint density at radius 2 is 1.70 bits per heavy atom. The molecule has 1 aromatic heterocycles. The summed E-state index contributed by atoms with van der Waals surface area (Å²) in [4.78, 5) is 8.79. The molecule has 0 saturated heterocycles. The van der Waals surface area contributed by atoms with E-state index >= 15 is 0 Å². The van der Waals surface area contributed by atoms with Crippen molar-refractivity contribution in [1.29, 1.82) is 0 Å². The molecule has 0 radical (unpaired) electrons. The third-order valence-electron chi connectivity index (χ3n) is 2.96. The second kappa shape index (κ2) is 5.77. The van der Waals surface area contributed by atoms with Crippen molar-refractivity contribution in [3.8, 4) is 22.8 Å². The van der Waals surface area contributed by atoms with Crippen molar-refractivity contribution < 1.29 is 9.47 Å². The number of benzene rings is 1. The highest BCUT2D eigenvalue weighted by Crippen LogP contribution is 2.32. The Morgan fingerprint density at radius 1 is 1.00 bits per heavy atom. The molecular formula is C15H19N3O2. The van der Waals surface area contributed by atoms with Gasteiger partial charge in [-0.25, -0.2) is 9.97 Å². The molecule has 106 valence electrons. The molecule has 0 aliphatic rings. The summed E-state index contributed by atoms with van der Waals surface area (Å²) in [6, 6.07) is 7.41. The van der Waals surface area contributed by atoms with Crippen molar-refractivity contribution in [2.24, 2.45) is 0 Å². The highest BCUT2D eigenvalue weighted by molar-refractivity contribution is 5.66. The van der Waals surface area contributed by atoms with Crippen LogP contribution in [0.1, 0.15) is 25.6 Å². The van der Waals surface area contributed by atoms with Crippen LogP contribution in [0.5, 0.6) is 11.5 Å². The predicted octanol–water partition coefficient (Wildman–Crippen LogP) is 2.87. The Hall–Kier alpha value is -2.30. The second-order valence-electron chi connectivity index (χ2n) is 4.76. The van der Waals surface area contributed by atoms with Gasteiger partial charge in [-0.2, -0.15) is 0 Å². The van der Waals surface area contributed by atoms with Gasteiger partial charge in [0.05, 0.1) is 19.9 Å². The minimum absolute atomic E-state index is 0.220. The first-order valence-electron chi connectivity index (χ1n) is 6.42. The van der Waals surface area contributed by atoms with E-state index in [1.807, 2.05) is 32.0 Å². The monoisotopic (exact) mass is 273 g/mol. The van der Waals surface area contributed by atoms with Gasteiger partial charge < -0.3 is 15.2 Å². The molecular weight excluding hydrogens is 254 g/mol. The molecule has 0 aliphatic carbocycles. The zero-order valence-corrected chi connectivity index (χ0v) is 12.2. The van der Waals surface area contributed by atoms with Crippen molar-refractivity contribution >= 4 is 5.82 Å². The van der Waals surface area contributed by atoms with Crippen molar-refractivity contribution in [3.05, 3.63) is 30.1 Å². The molecule has 0 aliphatic heterocycles. The van der Waals surface area contributed by atoms with Crippen molar-refractivity contribution in [2.75, 3.05) is 20.0 Å². The van der Waals surface area contributed by atoms with E-state index in [0.717, 1.165) is 17.1 Å². The molecule has 0 bridgehead atoms. The van der Waals surface area contributed by atoms with Crippen LogP contribution in [0.15, 0.2) is 24.3 Å². The summed E-state index contributed by atoms with van der Waals surface area (Å²) in [5.41, 5.74) is 7.55. The maximum Gasteiger partial charge on any atom is 0.161 e. The van der Waals surface area contributed by atoms with Crippen LogP contribution in [0.4, 0.5) is 5.82 Å². The van der Waals surface area contributed by atoms with Crippen LogP contribution in [-0.2, 0) is 0 Å². The molecule has 1 aromatic carbocycles. The SMILES string of the molecule is COc1ccc(-c2cc(N)nc(C(C)C)n2)cc1OC. The molecule has 0 atom stereocenters. The molecule has 5 heteroatoms. The van der Waals surface area contributed by atoms with Crippen LogP contribution in [0, 0.1) is 0 Å². The normalized spacial score (nSPS) is 10.7. The lowest BCUT2D eigenvalue weighted by Gasteiger charge is -2.11. The number of aromatic nitrogens is 2. The number of ether oxygens (including phenoxy) is 2. The second-order valence-corrected chi connectivity index (χ2v) is 4.76. The highest BCUT2D eigenvalue weighted by atomic mass is 16.5. The Bertz CT molecular complexity index is 612. The summed E-state index contributed by atoms with van der Waals surface area (Å²) in [6.07, 6.45) is 0. The minimum atomic E-state index is 0.220. The molecule has 2 N–H and O–H groups in total. The van der Waals surface area contributed by atoms with Gasteiger partial charge in [0.1, 0.15) is 11.6 Å². The standard InChI is InChI=1S/C15H19N3O2/c1-9(2)15-17-11(8-14(16)18-15)10-5-6-12(19-3)13(7-10)20-4/h5-9H,1-4H3,(H2,16,17,18). The third-order valence-corrected chi connectivity index (χ3v) is 2.96. The first-order valence-corrected chi connectivity index (χ1v) is 6.42. The van der Waals surface area contributed by atoms with E-state index in [0.29, 0.717) is 17.3 Å². The third kappa shape index (κ3) is 2.82. The molecule has 5 nitrogen and oxygen atoms in total. The fraction of sp³-hybridized carbons (Fsp3) is 0.333. The molecule has 0 amide bonds. The molecule has 2 rings (SSSR count). The van der Waals surface area contributed by atoms with Crippen molar-refractivity contribution in [2.45, 2.75) is 19.8 Å². The zero-order chi connectivity index (χ0) is 14.7. The fourth-order valence-corrected chi connectivity index (χ4v) is 1.89. The van der Waals surface area contributed by atoms with Crippen LogP contribution in [0.2, 0.25) is 0 Å². The van der Waals surface area contributed by atoms with Gasteiger partial charge in [-0.05, 0) is 18.2 Å². The number of hydrogen-bond donors (Lipinski definition) is 1. The lowest BCUT2D eigenvalue weighted by molar-refractivity contribution is 0.355. The molecule has 20 heavy (non-hydrogen) atoms. The van der Waals surface area contributed by atoms with E-state index in [-0.39, 0.29) is 5.92 Å². The number of nitrogen functional groups attached to an aromatic ring is 1. The number of rotatable bonds is 4. The molecule has 0 unspecified atom stereocenters. The summed E-state index contributed by atoms with van der Waals surface area (Å²) in [6.45, 7) is 4.07. The summed E-state index contributed by atoms with van der Waals surface area (Å²) >= 11 is 0. The van der Waals surface area contributed by atoms with Crippen LogP contribution in [-0.4, -0.2) is 24.2 Å². The van der Waals surface area contributed by atoms with E-state index in [1.165, 1.54) is 0 Å². The van der Waals surface area contributed by atoms with Gasteiger partial charge in [0, 0.05) is 17.5 Å². The molecule has 1 heterocycles. The molecule has 0 saturated carbocycles. The quantitative estimate of drug-likeness (QED) is 0.927. The lowest BCUT2D eigenvalue weighted by Crippen LogP contribution is -2.03. The van der Waals surface area contributed by atoms with Crippen molar-refractivity contribution in [3.63, 3.8) is 0 Å². The van der Waals surface area contributed by atoms with Gasteiger partial charge >= 0.3 is 0 Å². The smallest absolute Gasteiger partial charge is 0.161 e. The minimum Gasteiger partial charge on any atom is -0.493 e. The Morgan fingerprint density at radius 3 is 2.30 bits per heavy atom. The van der Waals surface area contributed by atoms with Crippen molar-refractivity contribution in [1.82, 2.24) is 9.97 Å². The average molecular weight is 273 g/mol. The summed E-state index contributed by atoms with van der Waals surface area (Å²) in [5.74, 6) is 2.76. The van der Waals surface area contributed by atoms with Crippen LogP contribution in [0.25, 0.3) is 11.3 Å². The Labute approximate surface area is 118 Å². The topological polar surface area (TPSA) is 70.3 Å². The van der Waals surface area contributed by atoms with Crippen LogP contribution in [0.3, 0.4) is 0 Å². The van der Waals surface area contributed by atoms with Gasteiger partial charge in [-0.15, -0.1) is 0 Å². The molecule has 0 fully saturated rings. The summed E-state index contributed by atoms with van der Waals surface area (Å²) in [7, 11) is 3.21. The van der Waals surface area contributed by atoms with Crippen LogP contribution >= 0.6 is 0 Å². The fourth-order valence-electron chi connectivity index (χ4n) is 1.89. The van der Waals surface area contributed by atoms with Gasteiger partial charge in [0.25, 0.3) is 0 Å². The largest absolute Gasteiger partial charge is 0.493 e. The summed E-state index contributed by atoms with van der Waals surface area (Å²) < 4.78 is 10.5. The number of hydrogen-bond acceptors (Lipinski definition) is 5. The van der Waals surface area contributed by atoms with Gasteiger partial charge in [-0.3, -0.25) is 0 Å². The highest BCUT2D eigenvalue weighted by Gasteiger charge is 2.11. The zero-order valence-electron chi connectivity index (χ0n) is 12.2. The number of nitrogens with two attached hydrogens (primary N) is 1. The number of anilines is 1. The number of nitrogens with zero attached hydrogens (tertiary/aromatic N) is 2. The average Bonchev–Trinajstić information content (AvgIpc) is 2.45. The molecule has 0 spiro atoms.